The zero-order valence-corrected chi connectivity index (χ0v) is 22.4. The fraction of sp³-hybridized carbons (Fsp3) is 0.500. The molecule has 0 unspecified atom stereocenters. The maximum absolute atomic E-state index is 13.0. The number of ether oxygens (including phenoxy) is 1. The number of carbonyl (C=O) groups is 1. The second-order valence-electron chi connectivity index (χ2n) is 10.2. The van der Waals surface area contributed by atoms with E-state index in [2.05, 4.69) is 38.5 Å². The summed E-state index contributed by atoms with van der Waals surface area (Å²) in [5, 5.41) is 7.20. The average Bonchev–Trinajstić information content (AvgIpc) is 2.94. The molecule has 0 bridgehead atoms. The molecule has 0 spiro atoms. The fourth-order valence-corrected chi connectivity index (χ4v) is 5.42. The van der Waals surface area contributed by atoms with Gasteiger partial charge < -0.3 is 25.2 Å². The first-order chi connectivity index (χ1) is 18.4. The van der Waals surface area contributed by atoms with Gasteiger partial charge in [-0.1, -0.05) is 6.92 Å². The number of fused-ring (bicyclic) bond motifs is 1. The van der Waals surface area contributed by atoms with Crippen LogP contribution in [0.15, 0.2) is 41.3 Å². The van der Waals surface area contributed by atoms with E-state index < -0.39 is 0 Å². The minimum atomic E-state index is -0.0719. The highest BCUT2D eigenvalue weighted by Crippen LogP contribution is 2.33. The largest absolute Gasteiger partial charge is 0.494 e. The molecule has 10 heteroatoms. The number of nitrogens with one attached hydrogen (secondary N) is 2. The number of amides is 1. The van der Waals surface area contributed by atoms with E-state index in [-0.39, 0.29) is 23.6 Å². The molecule has 2 fully saturated rings. The van der Waals surface area contributed by atoms with Gasteiger partial charge in [-0.3, -0.25) is 14.2 Å². The van der Waals surface area contributed by atoms with Crippen molar-refractivity contribution < 1.29 is 9.53 Å². The molecule has 1 saturated carbocycles. The zero-order chi connectivity index (χ0) is 26.6. The van der Waals surface area contributed by atoms with Crippen molar-refractivity contribution in [1.29, 1.82) is 0 Å². The summed E-state index contributed by atoms with van der Waals surface area (Å²) in [6, 6.07) is 9.67. The summed E-state index contributed by atoms with van der Waals surface area (Å²) in [6.07, 6.45) is 5.53. The number of nitrogens with zero attached hydrogens (tertiary/aromatic N) is 5. The van der Waals surface area contributed by atoms with Crippen molar-refractivity contribution in [3.8, 4) is 5.75 Å². The van der Waals surface area contributed by atoms with Gasteiger partial charge in [-0.05, 0) is 50.9 Å². The summed E-state index contributed by atoms with van der Waals surface area (Å²) in [6.45, 7) is 5.88. The molecule has 202 valence electrons. The first kappa shape index (κ1) is 26.0. The lowest BCUT2D eigenvalue weighted by Gasteiger charge is -2.34. The summed E-state index contributed by atoms with van der Waals surface area (Å²) >= 11 is 0. The van der Waals surface area contributed by atoms with E-state index in [9.17, 15) is 9.59 Å². The number of rotatable bonds is 7. The van der Waals surface area contributed by atoms with Gasteiger partial charge in [0.25, 0.3) is 5.56 Å². The number of pyridine rings is 1. The molecule has 2 N–H and O–H groups in total. The summed E-state index contributed by atoms with van der Waals surface area (Å²) in [5.74, 6) is 1.20. The van der Waals surface area contributed by atoms with Crippen molar-refractivity contribution in [1.82, 2.24) is 24.8 Å². The lowest BCUT2D eigenvalue weighted by Crippen LogP contribution is -2.44. The molecule has 1 aliphatic heterocycles. The highest BCUT2D eigenvalue weighted by molar-refractivity contribution is 5.77. The Morgan fingerprint density at radius 3 is 2.55 bits per heavy atom. The molecule has 1 amide bonds. The van der Waals surface area contributed by atoms with Gasteiger partial charge in [-0.25, -0.2) is 4.98 Å². The average molecular weight is 520 g/mol. The number of methoxy groups -OCH3 is 1. The number of piperazine rings is 1. The topological polar surface area (TPSA) is 105 Å². The Hall–Kier alpha value is -3.66. The van der Waals surface area contributed by atoms with Crippen LogP contribution in [-0.2, 0) is 4.79 Å². The Bertz CT molecular complexity index is 1340. The van der Waals surface area contributed by atoms with Crippen molar-refractivity contribution in [3.05, 3.63) is 46.9 Å². The number of carbonyl (C=O) groups excluding carboxylic acids is 1. The van der Waals surface area contributed by atoms with Crippen LogP contribution in [-0.4, -0.2) is 71.7 Å². The number of hydrogen-bond acceptors (Lipinski definition) is 8. The highest BCUT2D eigenvalue weighted by atomic mass is 16.5. The van der Waals surface area contributed by atoms with Gasteiger partial charge in [0.2, 0.25) is 11.9 Å². The van der Waals surface area contributed by atoms with Crippen LogP contribution in [0.1, 0.15) is 45.1 Å². The van der Waals surface area contributed by atoms with Crippen molar-refractivity contribution in [2.75, 3.05) is 50.6 Å². The Morgan fingerprint density at radius 2 is 1.84 bits per heavy atom. The number of hydrogen-bond donors (Lipinski definition) is 2. The number of likely N-dealkylation sites (N-methyl/N-ethyl adjacent to an activating group) is 1. The molecule has 2 aromatic heterocycles. The van der Waals surface area contributed by atoms with Crippen LogP contribution in [0.5, 0.6) is 5.75 Å². The van der Waals surface area contributed by atoms with Crippen LogP contribution in [0.4, 0.5) is 17.3 Å². The normalized spacial score (nSPS) is 20.3. The lowest BCUT2D eigenvalue weighted by molar-refractivity contribution is -0.121. The van der Waals surface area contributed by atoms with Crippen molar-refractivity contribution in [3.63, 3.8) is 0 Å². The monoisotopic (exact) mass is 519 g/mol. The molecule has 5 rings (SSSR count). The molecule has 0 radical (unpaired) electrons. The Morgan fingerprint density at radius 1 is 1.08 bits per heavy atom. The molecule has 10 nitrogen and oxygen atoms in total. The minimum absolute atomic E-state index is 0.0288. The van der Waals surface area contributed by atoms with Crippen molar-refractivity contribution in [2.45, 2.75) is 51.1 Å². The Kier molecular flexibility index (Phi) is 7.78. The third-order valence-electron chi connectivity index (χ3n) is 7.72. The maximum Gasteiger partial charge on any atom is 0.252 e. The molecule has 2 aliphatic rings. The first-order valence-corrected chi connectivity index (χ1v) is 13.5. The van der Waals surface area contributed by atoms with E-state index in [0.717, 1.165) is 68.6 Å². The number of aromatic nitrogens is 3. The molecule has 0 atom stereocenters. The summed E-state index contributed by atoms with van der Waals surface area (Å²) in [7, 11) is 3.80. The van der Waals surface area contributed by atoms with Crippen molar-refractivity contribution >= 4 is 34.3 Å². The maximum atomic E-state index is 13.0. The fourth-order valence-electron chi connectivity index (χ4n) is 5.42. The minimum Gasteiger partial charge on any atom is -0.494 e. The Labute approximate surface area is 223 Å². The zero-order valence-electron chi connectivity index (χ0n) is 22.4. The van der Waals surface area contributed by atoms with Gasteiger partial charge in [0.15, 0.2) is 0 Å². The second-order valence-corrected chi connectivity index (χ2v) is 10.2. The standard InChI is InChI=1S/C28H37N7O3/c1-4-25(36)30-20-6-8-21(9-7-20)35-26(37)12-5-19-18-29-28(32-27(19)35)31-23-11-10-22(17-24(23)38-3)34-15-13-33(2)14-16-34/h5,10-12,17-18,20-21H,4,6-9,13-16H2,1-3H3,(H,30,36)(H,29,31,32). The molecular weight excluding hydrogens is 482 g/mol. The van der Waals surface area contributed by atoms with E-state index in [1.54, 1.807) is 30.0 Å². The molecular formula is C28H37N7O3. The highest BCUT2D eigenvalue weighted by Gasteiger charge is 2.25. The van der Waals surface area contributed by atoms with Gasteiger partial charge in [0, 0.05) is 74.1 Å². The lowest BCUT2D eigenvalue weighted by atomic mass is 9.90. The van der Waals surface area contributed by atoms with E-state index in [0.29, 0.717) is 23.8 Å². The van der Waals surface area contributed by atoms with E-state index in [1.807, 2.05) is 19.1 Å². The molecule has 1 aliphatic carbocycles. The summed E-state index contributed by atoms with van der Waals surface area (Å²) < 4.78 is 7.50. The smallest absolute Gasteiger partial charge is 0.252 e. The van der Waals surface area contributed by atoms with Gasteiger partial charge >= 0.3 is 0 Å². The SMILES string of the molecule is CCC(=O)NC1CCC(n2c(=O)ccc3cnc(Nc4ccc(N5CCN(C)CC5)cc4OC)nc32)CC1. The summed E-state index contributed by atoms with van der Waals surface area (Å²) in [5.41, 5.74) is 2.43. The van der Waals surface area contributed by atoms with Crippen LogP contribution in [0.2, 0.25) is 0 Å². The first-order valence-electron chi connectivity index (χ1n) is 13.5. The van der Waals surface area contributed by atoms with Gasteiger partial charge in [-0.2, -0.15) is 4.98 Å². The van der Waals surface area contributed by atoms with Crippen LogP contribution >= 0.6 is 0 Å². The third-order valence-corrected chi connectivity index (χ3v) is 7.72. The third kappa shape index (κ3) is 5.60. The number of benzene rings is 1. The number of anilines is 3. The van der Waals surface area contributed by atoms with Crippen LogP contribution in [0, 0.1) is 0 Å². The van der Waals surface area contributed by atoms with Crippen LogP contribution < -0.4 is 25.8 Å². The molecule has 3 aromatic rings. The van der Waals surface area contributed by atoms with Crippen LogP contribution in [0.25, 0.3) is 11.0 Å². The van der Waals surface area contributed by atoms with Crippen LogP contribution in [0.3, 0.4) is 0 Å². The van der Waals surface area contributed by atoms with Gasteiger partial charge in [-0.15, -0.1) is 0 Å². The predicted octanol–water partition coefficient (Wildman–Crippen LogP) is 3.31. The van der Waals surface area contributed by atoms with E-state index >= 15 is 0 Å². The van der Waals surface area contributed by atoms with Gasteiger partial charge in [0.05, 0.1) is 12.8 Å². The summed E-state index contributed by atoms with van der Waals surface area (Å²) in [4.78, 5) is 38.8. The molecule has 38 heavy (non-hydrogen) atoms. The second kappa shape index (κ2) is 11.4. The Balaban J connectivity index is 1.37. The molecule has 1 saturated heterocycles. The van der Waals surface area contributed by atoms with E-state index in [1.165, 1.54) is 0 Å². The quantitative estimate of drug-likeness (QED) is 0.490. The van der Waals surface area contributed by atoms with Crippen molar-refractivity contribution in [2.24, 2.45) is 0 Å². The van der Waals surface area contributed by atoms with E-state index in [4.69, 9.17) is 9.72 Å². The molecule has 3 heterocycles. The van der Waals surface area contributed by atoms with Gasteiger partial charge in [0.1, 0.15) is 11.4 Å². The molecule has 1 aromatic carbocycles. The predicted molar refractivity (Wildman–Crippen MR) is 150 cm³/mol.